The number of likely N-dealkylation sites (N-methyl/N-ethyl adjacent to an activating group) is 1. The van der Waals surface area contributed by atoms with Crippen molar-refractivity contribution in [1.29, 1.82) is 0 Å². The van der Waals surface area contributed by atoms with Gasteiger partial charge in [-0.05, 0) is 26.4 Å². The Kier molecular flexibility index (Phi) is 4.47. The zero-order chi connectivity index (χ0) is 14.0. The van der Waals surface area contributed by atoms with Crippen molar-refractivity contribution in [3.63, 3.8) is 0 Å². The number of aliphatic hydroxyl groups excluding tert-OH is 1. The van der Waals surface area contributed by atoms with Gasteiger partial charge in [0.05, 0.1) is 12.3 Å². The van der Waals surface area contributed by atoms with E-state index in [1.54, 1.807) is 0 Å². The molecule has 1 N–H and O–H groups in total. The smallest absolute Gasteiger partial charge is 0.132 e. The molecule has 5 heteroatoms. The molecule has 0 aliphatic carbocycles. The van der Waals surface area contributed by atoms with Gasteiger partial charge in [0.2, 0.25) is 0 Å². The fourth-order valence-electron chi connectivity index (χ4n) is 3.24. The van der Waals surface area contributed by atoms with Gasteiger partial charge in [0, 0.05) is 31.7 Å². The van der Waals surface area contributed by atoms with Crippen LogP contribution in [0.15, 0.2) is 0 Å². The lowest BCUT2D eigenvalue weighted by Crippen LogP contribution is -2.37. The van der Waals surface area contributed by atoms with E-state index in [-0.39, 0.29) is 6.61 Å². The molecular formula is C14H26N4O. The molecule has 0 spiro atoms. The van der Waals surface area contributed by atoms with E-state index >= 15 is 0 Å². The molecule has 0 aromatic carbocycles. The van der Waals surface area contributed by atoms with E-state index in [1.807, 2.05) is 18.7 Å². The minimum absolute atomic E-state index is 0.0709. The predicted octanol–water partition coefficient (Wildman–Crippen LogP) is 1.14. The van der Waals surface area contributed by atoms with Crippen molar-refractivity contribution >= 4 is 5.82 Å². The highest BCUT2D eigenvalue weighted by molar-refractivity contribution is 5.51. The van der Waals surface area contributed by atoms with Crippen molar-refractivity contribution in [2.24, 2.45) is 7.05 Å². The third kappa shape index (κ3) is 2.62. The lowest BCUT2D eigenvalue weighted by atomic mass is 10.2. The SMILES string of the molecule is CCN(CC)C1CCN(c2c(CO)c(C)nn2C)C1. The summed E-state index contributed by atoms with van der Waals surface area (Å²) >= 11 is 0. The van der Waals surface area contributed by atoms with Crippen LogP contribution >= 0.6 is 0 Å². The van der Waals surface area contributed by atoms with Crippen LogP contribution in [0, 0.1) is 6.92 Å². The van der Waals surface area contributed by atoms with Gasteiger partial charge in [-0.25, -0.2) is 0 Å². The summed E-state index contributed by atoms with van der Waals surface area (Å²) in [6.45, 7) is 10.8. The van der Waals surface area contributed by atoms with Crippen molar-refractivity contribution < 1.29 is 5.11 Å². The summed E-state index contributed by atoms with van der Waals surface area (Å²) in [5.74, 6) is 1.09. The largest absolute Gasteiger partial charge is 0.391 e. The number of rotatable bonds is 5. The third-order valence-corrected chi connectivity index (χ3v) is 4.26. The number of anilines is 1. The van der Waals surface area contributed by atoms with E-state index in [2.05, 4.69) is 28.7 Å². The molecule has 0 amide bonds. The standard InChI is InChI=1S/C14H26N4O/c1-5-17(6-2)12-7-8-18(9-12)14-13(10-19)11(3)15-16(14)4/h12,19H,5-10H2,1-4H3. The molecule has 2 heterocycles. The first-order valence-electron chi connectivity index (χ1n) is 7.24. The van der Waals surface area contributed by atoms with Crippen LogP contribution in [0.1, 0.15) is 31.5 Å². The summed E-state index contributed by atoms with van der Waals surface area (Å²) in [4.78, 5) is 4.89. The monoisotopic (exact) mass is 266 g/mol. The molecule has 0 radical (unpaired) electrons. The van der Waals surface area contributed by atoms with E-state index in [1.165, 1.54) is 6.42 Å². The molecule has 1 unspecified atom stereocenters. The molecule has 1 aliphatic heterocycles. The molecule has 108 valence electrons. The van der Waals surface area contributed by atoms with Crippen molar-refractivity contribution in [3.8, 4) is 0 Å². The van der Waals surface area contributed by atoms with Crippen LogP contribution in [-0.4, -0.2) is 52.0 Å². The Labute approximate surface area is 115 Å². The summed E-state index contributed by atoms with van der Waals surface area (Å²) in [5, 5.41) is 14.0. The van der Waals surface area contributed by atoms with Crippen LogP contribution in [0.2, 0.25) is 0 Å². The number of aliphatic hydroxyl groups is 1. The zero-order valence-corrected chi connectivity index (χ0v) is 12.6. The number of hydrogen-bond acceptors (Lipinski definition) is 4. The second kappa shape index (κ2) is 5.92. The second-order valence-electron chi connectivity index (χ2n) is 5.28. The normalized spacial score (nSPS) is 19.7. The van der Waals surface area contributed by atoms with Crippen LogP contribution in [-0.2, 0) is 13.7 Å². The molecule has 0 bridgehead atoms. The number of aromatic nitrogens is 2. The lowest BCUT2D eigenvalue weighted by Gasteiger charge is -2.27. The molecule has 1 fully saturated rings. The third-order valence-electron chi connectivity index (χ3n) is 4.26. The highest BCUT2D eigenvalue weighted by Gasteiger charge is 2.29. The molecule has 1 aliphatic rings. The van der Waals surface area contributed by atoms with Gasteiger partial charge in [-0.2, -0.15) is 5.10 Å². The second-order valence-corrected chi connectivity index (χ2v) is 5.28. The average Bonchev–Trinajstić information content (AvgIpc) is 2.95. The van der Waals surface area contributed by atoms with Crippen LogP contribution in [0.3, 0.4) is 0 Å². The van der Waals surface area contributed by atoms with E-state index < -0.39 is 0 Å². The minimum Gasteiger partial charge on any atom is -0.391 e. The fraction of sp³-hybridized carbons (Fsp3) is 0.786. The average molecular weight is 266 g/mol. The van der Waals surface area contributed by atoms with E-state index in [9.17, 15) is 5.11 Å². The Balaban J connectivity index is 2.17. The zero-order valence-electron chi connectivity index (χ0n) is 12.6. The molecule has 19 heavy (non-hydrogen) atoms. The first-order valence-corrected chi connectivity index (χ1v) is 7.24. The molecule has 1 saturated heterocycles. The maximum Gasteiger partial charge on any atom is 0.132 e. The number of hydrogen-bond donors (Lipinski definition) is 1. The summed E-state index contributed by atoms with van der Waals surface area (Å²) < 4.78 is 1.91. The van der Waals surface area contributed by atoms with Gasteiger partial charge in [0.25, 0.3) is 0 Å². The molecule has 5 nitrogen and oxygen atoms in total. The van der Waals surface area contributed by atoms with E-state index in [0.717, 1.165) is 43.3 Å². The summed E-state index contributed by atoms with van der Waals surface area (Å²) in [6, 6.07) is 0.622. The Hall–Kier alpha value is -1.07. The first kappa shape index (κ1) is 14.3. The van der Waals surface area contributed by atoms with Gasteiger partial charge in [-0.3, -0.25) is 9.58 Å². The van der Waals surface area contributed by atoms with Gasteiger partial charge >= 0.3 is 0 Å². The Morgan fingerprint density at radius 1 is 1.37 bits per heavy atom. The van der Waals surface area contributed by atoms with Crippen molar-refractivity contribution in [2.75, 3.05) is 31.1 Å². The minimum atomic E-state index is 0.0709. The Morgan fingerprint density at radius 2 is 2.05 bits per heavy atom. The van der Waals surface area contributed by atoms with Gasteiger partial charge in [0.15, 0.2) is 0 Å². The Bertz CT molecular complexity index is 425. The van der Waals surface area contributed by atoms with Crippen LogP contribution in [0.5, 0.6) is 0 Å². The summed E-state index contributed by atoms with van der Waals surface area (Å²) in [6.07, 6.45) is 1.19. The molecule has 1 atom stereocenters. The summed E-state index contributed by atoms with van der Waals surface area (Å²) in [7, 11) is 1.96. The number of nitrogens with zero attached hydrogens (tertiary/aromatic N) is 4. The van der Waals surface area contributed by atoms with Crippen molar-refractivity contribution in [2.45, 2.75) is 39.8 Å². The maximum atomic E-state index is 9.55. The van der Waals surface area contributed by atoms with Gasteiger partial charge in [-0.15, -0.1) is 0 Å². The molecule has 1 aromatic heterocycles. The van der Waals surface area contributed by atoms with Crippen LogP contribution in [0.25, 0.3) is 0 Å². The molecule has 1 aromatic rings. The topological polar surface area (TPSA) is 44.5 Å². The van der Waals surface area contributed by atoms with Gasteiger partial charge in [0.1, 0.15) is 5.82 Å². The van der Waals surface area contributed by atoms with Crippen molar-refractivity contribution in [1.82, 2.24) is 14.7 Å². The molecular weight excluding hydrogens is 240 g/mol. The highest BCUT2D eigenvalue weighted by Crippen LogP contribution is 2.28. The fourth-order valence-corrected chi connectivity index (χ4v) is 3.24. The van der Waals surface area contributed by atoms with Crippen LogP contribution in [0.4, 0.5) is 5.82 Å². The van der Waals surface area contributed by atoms with Crippen LogP contribution < -0.4 is 4.90 Å². The summed E-state index contributed by atoms with van der Waals surface area (Å²) in [5.41, 5.74) is 1.91. The molecule has 2 rings (SSSR count). The van der Waals surface area contributed by atoms with Crippen molar-refractivity contribution in [3.05, 3.63) is 11.3 Å². The van der Waals surface area contributed by atoms with Gasteiger partial charge in [-0.1, -0.05) is 13.8 Å². The first-order chi connectivity index (χ1) is 9.12. The van der Waals surface area contributed by atoms with E-state index in [0.29, 0.717) is 6.04 Å². The predicted molar refractivity (Wildman–Crippen MR) is 77.4 cm³/mol. The highest BCUT2D eigenvalue weighted by atomic mass is 16.3. The lowest BCUT2D eigenvalue weighted by molar-refractivity contribution is 0.232. The van der Waals surface area contributed by atoms with Gasteiger partial charge < -0.3 is 10.0 Å². The maximum absolute atomic E-state index is 9.55. The Morgan fingerprint density at radius 3 is 2.63 bits per heavy atom. The number of aryl methyl sites for hydroxylation is 2. The quantitative estimate of drug-likeness (QED) is 0.868. The molecule has 0 saturated carbocycles. The van der Waals surface area contributed by atoms with E-state index in [4.69, 9.17) is 0 Å².